The number of thioether (sulfide) groups is 1. The van der Waals surface area contributed by atoms with Crippen LogP contribution in [-0.2, 0) is 0 Å². The Morgan fingerprint density at radius 3 is 2.53 bits per heavy atom. The highest BCUT2D eigenvalue weighted by Gasteiger charge is 2.13. The third-order valence-corrected chi connectivity index (χ3v) is 3.11. The molecule has 0 amide bonds. The number of anilines is 1. The average molecular weight is 249 g/mol. The SMILES string of the molecule is CNc1nc(Cl)nc(SC(C)C(C)O)n1. The summed E-state index contributed by atoms with van der Waals surface area (Å²) < 4.78 is 0. The minimum atomic E-state index is -0.427. The number of hydrogen-bond donors (Lipinski definition) is 2. The molecule has 0 aliphatic rings. The first kappa shape index (κ1) is 12.5. The molecule has 2 N–H and O–H groups in total. The lowest BCUT2D eigenvalue weighted by molar-refractivity contribution is 0.196. The van der Waals surface area contributed by atoms with Crippen molar-refractivity contribution >= 4 is 29.3 Å². The fourth-order valence-corrected chi connectivity index (χ4v) is 1.78. The van der Waals surface area contributed by atoms with Crippen molar-refractivity contribution in [3.05, 3.63) is 5.28 Å². The van der Waals surface area contributed by atoms with E-state index in [2.05, 4.69) is 20.3 Å². The van der Waals surface area contributed by atoms with Gasteiger partial charge in [0.1, 0.15) is 0 Å². The van der Waals surface area contributed by atoms with Crippen molar-refractivity contribution < 1.29 is 5.11 Å². The van der Waals surface area contributed by atoms with E-state index in [1.807, 2.05) is 6.92 Å². The molecule has 1 heterocycles. The second-order valence-electron chi connectivity index (χ2n) is 3.02. The fraction of sp³-hybridized carbons (Fsp3) is 0.625. The van der Waals surface area contributed by atoms with Crippen molar-refractivity contribution in [3.63, 3.8) is 0 Å². The summed E-state index contributed by atoms with van der Waals surface area (Å²) in [7, 11) is 1.71. The van der Waals surface area contributed by atoms with E-state index in [1.54, 1.807) is 14.0 Å². The van der Waals surface area contributed by atoms with Crippen molar-refractivity contribution in [2.45, 2.75) is 30.4 Å². The molecule has 1 rings (SSSR count). The first-order valence-corrected chi connectivity index (χ1v) is 5.72. The molecule has 15 heavy (non-hydrogen) atoms. The number of hydrogen-bond acceptors (Lipinski definition) is 6. The van der Waals surface area contributed by atoms with E-state index in [-0.39, 0.29) is 10.5 Å². The lowest BCUT2D eigenvalue weighted by atomic mass is 10.3. The fourth-order valence-electron chi connectivity index (χ4n) is 0.761. The molecule has 0 aliphatic carbocycles. The van der Waals surface area contributed by atoms with Crippen LogP contribution in [0.4, 0.5) is 5.95 Å². The number of nitrogens with zero attached hydrogens (tertiary/aromatic N) is 3. The third kappa shape index (κ3) is 3.81. The number of rotatable bonds is 4. The maximum Gasteiger partial charge on any atom is 0.228 e. The van der Waals surface area contributed by atoms with Crippen LogP contribution >= 0.6 is 23.4 Å². The van der Waals surface area contributed by atoms with Gasteiger partial charge in [-0.3, -0.25) is 0 Å². The van der Waals surface area contributed by atoms with Gasteiger partial charge in [0, 0.05) is 12.3 Å². The van der Waals surface area contributed by atoms with Crippen LogP contribution < -0.4 is 5.32 Å². The molecule has 0 saturated heterocycles. The first-order chi connectivity index (χ1) is 7.02. The molecule has 1 aromatic rings. The summed E-state index contributed by atoms with van der Waals surface area (Å²) in [6.07, 6.45) is -0.427. The normalized spacial score (nSPS) is 14.7. The van der Waals surface area contributed by atoms with E-state index in [4.69, 9.17) is 11.6 Å². The van der Waals surface area contributed by atoms with Crippen LogP contribution in [-0.4, -0.2) is 38.5 Å². The van der Waals surface area contributed by atoms with Crippen LogP contribution in [0.1, 0.15) is 13.8 Å². The van der Waals surface area contributed by atoms with E-state index >= 15 is 0 Å². The molecule has 2 atom stereocenters. The van der Waals surface area contributed by atoms with Gasteiger partial charge in [-0.15, -0.1) is 0 Å². The molecule has 0 spiro atoms. The summed E-state index contributed by atoms with van der Waals surface area (Å²) in [6, 6.07) is 0. The molecule has 0 aromatic carbocycles. The predicted molar refractivity (Wildman–Crippen MR) is 61.4 cm³/mol. The summed E-state index contributed by atoms with van der Waals surface area (Å²) in [4.78, 5) is 11.9. The Kier molecular flexibility index (Phi) is 4.56. The molecule has 5 nitrogen and oxygen atoms in total. The maximum absolute atomic E-state index is 9.34. The summed E-state index contributed by atoms with van der Waals surface area (Å²) in [5.74, 6) is 0.426. The topological polar surface area (TPSA) is 70.9 Å². The second-order valence-corrected chi connectivity index (χ2v) is 4.71. The van der Waals surface area contributed by atoms with Gasteiger partial charge in [-0.25, -0.2) is 0 Å². The number of aromatic nitrogens is 3. The van der Waals surface area contributed by atoms with Crippen molar-refractivity contribution in [2.24, 2.45) is 0 Å². The van der Waals surface area contributed by atoms with E-state index in [9.17, 15) is 5.11 Å². The van der Waals surface area contributed by atoms with Crippen LogP contribution in [0.3, 0.4) is 0 Å². The highest BCUT2D eigenvalue weighted by atomic mass is 35.5. The maximum atomic E-state index is 9.34. The molecule has 2 unspecified atom stereocenters. The third-order valence-electron chi connectivity index (χ3n) is 1.78. The summed E-state index contributed by atoms with van der Waals surface area (Å²) in [5, 5.41) is 12.8. The van der Waals surface area contributed by atoms with Crippen molar-refractivity contribution in [1.29, 1.82) is 0 Å². The monoisotopic (exact) mass is 248 g/mol. The molecular weight excluding hydrogens is 236 g/mol. The van der Waals surface area contributed by atoms with Gasteiger partial charge in [-0.2, -0.15) is 15.0 Å². The Morgan fingerprint density at radius 1 is 1.33 bits per heavy atom. The van der Waals surface area contributed by atoms with Gasteiger partial charge in [0.2, 0.25) is 11.2 Å². The Bertz CT molecular complexity index is 336. The summed E-state index contributed by atoms with van der Waals surface area (Å²) in [5.41, 5.74) is 0. The largest absolute Gasteiger partial charge is 0.392 e. The molecular formula is C8H13ClN4OS. The smallest absolute Gasteiger partial charge is 0.228 e. The van der Waals surface area contributed by atoms with Crippen LogP contribution in [0.15, 0.2) is 5.16 Å². The molecule has 1 aromatic heterocycles. The minimum absolute atomic E-state index is 0.00757. The second kappa shape index (κ2) is 5.48. The standard InChI is InChI=1S/C8H13ClN4OS/c1-4(14)5(2)15-8-12-6(9)11-7(10-3)13-8/h4-5,14H,1-3H3,(H,10,11,12,13). The van der Waals surface area contributed by atoms with Crippen molar-refractivity contribution in [3.8, 4) is 0 Å². The van der Waals surface area contributed by atoms with Gasteiger partial charge in [0.25, 0.3) is 0 Å². The van der Waals surface area contributed by atoms with Crippen molar-refractivity contribution in [1.82, 2.24) is 15.0 Å². The van der Waals surface area contributed by atoms with E-state index < -0.39 is 6.10 Å². The Hall–Kier alpha value is -0.590. The number of aliphatic hydroxyl groups is 1. The quantitative estimate of drug-likeness (QED) is 0.786. The molecule has 0 aliphatic heterocycles. The molecule has 0 radical (unpaired) electrons. The molecule has 0 bridgehead atoms. The van der Waals surface area contributed by atoms with Gasteiger partial charge in [-0.05, 0) is 18.5 Å². The Morgan fingerprint density at radius 2 is 2.00 bits per heavy atom. The lowest BCUT2D eigenvalue weighted by Gasteiger charge is -2.12. The summed E-state index contributed by atoms with van der Waals surface area (Å²) >= 11 is 7.07. The molecule has 0 fully saturated rings. The zero-order valence-electron chi connectivity index (χ0n) is 8.73. The zero-order chi connectivity index (χ0) is 11.4. The zero-order valence-corrected chi connectivity index (χ0v) is 10.3. The molecule has 84 valence electrons. The van der Waals surface area contributed by atoms with Gasteiger partial charge < -0.3 is 10.4 Å². The Balaban J connectivity index is 2.80. The number of aliphatic hydroxyl groups excluding tert-OH is 1. The van der Waals surface area contributed by atoms with Crippen LogP contribution in [0.25, 0.3) is 0 Å². The van der Waals surface area contributed by atoms with Gasteiger partial charge in [0.15, 0.2) is 5.16 Å². The highest BCUT2D eigenvalue weighted by Crippen LogP contribution is 2.23. The van der Waals surface area contributed by atoms with E-state index in [1.165, 1.54) is 11.8 Å². The van der Waals surface area contributed by atoms with Gasteiger partial charge in [-0.1, -0.05) is 18.7 Å². The minimum Gasteiger partial charge on any atom is -0.392 e. The van der Waals surface area contributed by atoms with Crippen molar-refractivity contribution in [2.75, 3.05) is 12.4 Å². The van der Waals surface area contributed by atoms with E-state index in [0.717, 1.165) is 0 Å². The molecule has 0 saturated carbocycles. The van der Waals surface area contributed by atoms with Gasteiger partial charge >= 0.3 is 0 Å². The number of nitrogens with one attached hydrogen (secondary N) is 1. The first-order valence-electron chi connectivity index (χ1n) is 4.47. The lowest BCUT2D eigenvalue weighted by Crippen LogP contribution is -2.15. The van der Waals surface area contributed by atoms with Crippen LogP contribution in [0.5, 0.6) is 0 Å². The average Bonchev–Trinajstić information content (AvgIpc) is 2.16. The van der Waals surface area contributed by atoms with Gasteiger partial charge in [0.05, 0.1) is 6.10 Å². The Labute approximate surface area is 97.7 Å². The van der Waals surface area contributed by atoms with E-state index in [0.29, 0.717) is 11.1 Å². The van der Waals surface area contributed by atoms with Crippen LogP contribution in [0.2, 0.25) is 5.28 Å². The van der Waals surface area contributed by atoms with Crippen LogP contribution in [0, 0.1) is 0 Å². The predicted octanol–water partition coefficient (Wildman–Crippen LogP) is 1.43. The molecule has 7 heteroatoms. The highest BCUT2D eigenvalue weighted by molar-refractivity contribution is 7.99. The summed E-state index contributed by atoms with van der Waals surface area (Å²) in [6.45, 7) is 3.62. The number of halogens is 1.